The van der Waals surface area contributed by atoms with Crippen LogP contribution >= 0.6 is 11.6 Å². The second-order valence-electron chi connectivity index (χ2n) is 5.79. The van der Waals surface area contributed by atoms with Crippen LogP contribution in [0.3, 0.4) is 0 Å². The third-order valence-corrected chi connectivity index (χ3v) is 4.04. The second-order valence-corrected chi connectivity index (χ2v) is 6.19. The van der Waals surface area contributed by atoms with Crippen LogP contribution in [-0.2, 0) is 4.79 Å². The van der Waals surface area contributed by atoms with Crippen molar-refractivity contribution in [3.05, 3.63) is 70.5 Å². The van der Waals surface area contributed by atoms with E-state index in [-0.39, 0.29) is 22.5 Å². The summed E-state index contributed by atoms with van der Waals surface area (Å²) in [5.41, 5.74) is 1.11. The largest absolute Gasteiger partial charge is 0.349 e. The maximum atomic E-state index is 13.7. The molecule has 0 aromatic heterocycles. The van der Waals surface area contributed by atoms with E-state index < -0.39 is 11.7 Å². The van der Waals surface area contributed by atoms with E-state index in [9.17, 15) is 14.0 Å². The van der Waals surface area contributed by atoms with Gasteiger partial charge in [-0.1, -0.05) is 23.7 Å². The Bertz CT molecular complexity index is 827. The van der Waals surface area contributed by atoms with Crippen LogP contribution in [0.15, 0.2) is 48.5 Å². The molecule has 0 unspecified atom stereocenters. The van der Waals surface area contributed by atoms with E-state index in [0.717, 1.165) is 12.8 Å². The molecule has 1 aliphatic carbocycles. The minimum atomic E-state index is -0.504. The van der Waals surface area contributed by atoms with E-state index in [1.165, 1.54) is 24.3 Å². The van der Waals surface area contributed by atoms with Gasteiger partial charge in [-0.25, -0.2) is 4.39 Å². The summed E-state index contributed by atoms with van der Waals surface area (Å²) < 4.78 is 13.7. The number of carbonyl (C=O) groups is 2. The Morgan fingerprint density at radius 1 is 1.16 bits per heavy atom. The van der Waals surface area contributed by atoms with Gasteiger partial charge < -0.3 is 10.6 Å². The fourth-order valence-corrected chi connectivity index (χ4v) is 2.47. The molecule has 1 saturated carbocycles. The van der Waals surface area contributed by atoms with Crippen molar-refractivity contribution in [1.82, 2.24) is 5.32 Å². The maximum Gasteiger partial charge on any atom is 0.251 e. The van der Waals surface area contributed by atoms with Gasteiger partial charge in [-0.15, -0.1) is 0 Å². The normalized spacial score (nSPS) is 13.7. The number of amides is 2. The molecule has 0 saturated heterocycles. The Morgan fingerprint density at radius 2 is 1.92 bits per heavy atom. The van der Waals surface area contributed by atoms with Crippen LogP contribution in [0.1, 0.15) is 28.8 Å². The number of rotatable bonds is 5. The predicted molar refractivity (Wildman–Crippen MR) is 96.0 cm³/mol. The highest BCUT2D eigenvalue weighted by molar-refractivity contribution is 6.32. The molecular weight excluding hydrogens is 343 g/mol. The number of hydrogen-bond acceptors (Lipinski definition) is 2. The van der Waals surface area contributed by atoms with Gasteiger partial charge in [-0.3, -0.25) is 9.59 Å². The topological polar surface area (TPSA) is 58.2 Å². The summed E-state index contributed by atoms with van der Waals surface area (Å²) in [6, 6.07) is 11.2. The van der Waals surface area contributed by atoms with Crippen molar-refractivity contribution in [3.8, 4) is 0 Å². The number of benzene rings is 2. The van der Waals surface area contributed by atoms with Gasteiger partial charge in [-0.2, -0.15) is 0 Å². The number of nitrogens with one attached hydrogen (secondary N) is 2. The molecule has 0 radical (unpaired) electrons. The Balaban J connectivity index is 1.66. The number of hydrogen-bond donors (Lipinski definition) is 2. The smallest absolute Gasteiger partial charge is 0.251 e. The van der Waals surface area contributed by atoms with E-state index in [0.29, 0.717) is 11.3 Å². The van der Waals surface area contributed by atoms with E-state index >= 15 is 0 Å². The van der Waals surface area contributed by atoms with E-state index in [2.05, 4.69) is 10.6 Å². The highest BCUT2D eigenvalue weighted by Crippen LogP contribution is 2.21. The fraction of sp³-hybridized carbons (Fsp3) is 0.158. The predicted octanol–water partition coefficient (Wildman–Crippen LogP) is 4.02. The summed E-state index contributed by atoms with van der Waals surface area (Å²) in [5, 5.41) is 5.76. The molecule has 2 aromatic rings. The summed E-state index contributed by atoms with van der Waals surface area (Å²) in [7, 11) is 0. The zero-order chi connectivity index (χ0) is 17.8. The highest BCUT2D eigenvalue weighted by atomic mass is 35.5. The van der Waals surface area contributed by atoms with Crippen molar-refractivity contribution in [2.24, 2.45) is 0 Å². The first kappa shape index (κ1) is 17.2. The summed E-state index contributed by atoms with van der Waals surface area (Å²) in [5.74, 6) is -1.11. The highest BCUT2D eigenvalue weighted by Gasteiger charge is 2.23. The van der Waals surface area contributed by atoms with E-state index in [1.807, 2.05) is 0 Å². The molecule has 25 heavy (non-hydrogen) atoms. The number of carbonyl (C=O) groups excluding carboxylic acids is 2. The molecule has 2 N–H and O–H groups in total. The van der Waals surface area contributed by atoms with Crippen LogP contribution in [0.25, 0.3) is 6.08 Å². The molecule has 0 heterocycles. The average molecular weight is 359 g/mol. The monoisotopic (exact) mass is 358 g/mol. The van der Waals surface area contributed by atoms with Crippen molar-refractivity contribution in [1.29, 1.82) is 0 Å². The molecule has 0 atom stereocenters. The molecule has 2 amide bonds. The molecule has 3 rings (SSSR count). The fourth-order valence-electron chi connectivity index (χ4n) is 2.25. The Labute approximate surface area is 149 Å². The maximum absolute atomic E-state index is 13.7. The molecule has 0 bridgehead atoms. The van der Waals surface area contributed by atoms with Crippen LogP contribution in [-0.4, -0.2) is 17.9 Å². The van der Waals surface area contributed by atoms with Crippen molar-refractivity contribution in [2.45, 2.75) is 18.9 Å². The molecule has 0 aliphatic heterocycles. The van der Waals surface area contributed by atoms with E-state index in [1.54, 1.807) is 30.3 Å². The first-order chi connectivity index (χ1) is 12.0. The minimum absolute atomic E-state index is 0.150. The summed E-state index contributed by atoms with van der Waals surface area (Å²) in [6.45, 7) is 0. The second kappa shape index (κ2) is 7.49. The van der Waals surface area contributed by atoms with Gasteiger partial charge in [0.25, 0.3) is 5.91 Å². The molecule has 2 aromatic carbocycles. The SMILES string of the molecule is O=C(/C=C/c1c(F)cccc1Cl)Nc1cccc(C(=O)NC2CC2)c1. The van der Waals surface area contributed by atoms with Gasteiger partial charge in [-0.05, 0) is 49.2 Å². The Morgan fingerprint density at radius 3 is 2.64 bits per heavy atom. The number of anilines is 1. The quantitative estimate of drug-likeness (QED) is 0.793. The van der Waals surface area contributed by atoms with Gasteiger partial charge in [0.2, 0.25) is 5.91 Å². The Kier molecular flexibility index (Phi) is 5.14. The number of halogens is 2. The van der Waals surface area contributed by atoms with Gasteiger partial charge in [0.05, 0.1) is 5.02 Å². The van der Waals surface area contributed by atoms with Crippen molar-refractivity contribution < 1.29 is 14.0 Å². The van der Waals surface area contributed by atoms with Crippen LogP contribution in [0.5, 0.6) is 0 Å². The third kappa shape index (κ3) is 4.67. The lowest BCUT2D eigenvalue weighted by atomic mass is 10.1. The van der Waals surface area contributed by atoms with Crippen LogP contribution in [0.2, 0.25) is 5.02 Å². The standard InChI is InChI=1S/C19H16ClFN2O2/c20-16-5-2-6-17(21)15(16)9-10-18(24)22-14-4-1-3-12(11-14)19(25)23-13-7-8-13/h1-6,9-11,13H,7-8H2,(H,22,24)(H,23,25)/b10-9+. The van der Waals surface area contributed by atoms with E-state index in [4.69, 9.17) is 11.6 Å². The van der Waals surface area contributed by atoms with Crippen LogP contribution < -0.4 is 10.6 Å². The lowest BCUT2D eigenvalue weighted by molar-refractivity contribution is -0.111. The zero-order valence-electron chi connectivity index (χ0n) is 13.3. The van der Waals surface area contributed by atoms with Gasteiger partial charge in [0.1, 0.15) is 5.82 Å². The molecule has 1 fully saturated rings. The van der Waals surface area contributed by atoms with Gasteiger partial charge >= 0.3 is 0 Å². The lowest BCUT2D eigenvalue weighted by Gasteiger charge is -2.06. The molecule has 6 heteroatoms. The summed E-state index contributed by atoms with van der Waals surface area (Å²) in [4.78, 5) is 24.0. The molecule has 1 aliphatic rings. The molecule has 0 spiro atoms. The van der Waals surface area contributed by atoms with Crippen LogP contribution in [0, 0.1) is 5.82 Å². The van der Waals surface area contributed by atoms with Crippen molar-refractivity contribution in [2.75, 3.05) is 5.32 Å². The van der Waals surface area contributed by atoms with Crippen molar-refractivity contribution >= 4 is 35.2 Å². The van der Waals surface area contributed by atoms with Crippen LogP contribution in [0.4, 0.5) is 10.1 Å². The minimum Gasteiger partial charge on any atom is -0.349 e. The molecule has 4 nitrogen and oxygen atoms in total. The average Bonchev–Trinajstić information content (AvgIpc) is 3.38. The zero-order valence-corrected chi connectivity index (χ0v) is 14.0. The summed E-state index contributed by atoms with van der Waals surface area (Å²) in [6.07, 6.45) is 4.52. The van der Waals surface area contributed by atoms with Gasteiger partial charge in [0.15, 0.2) is 0 Å². The van der Waals surface area contributed by atoms with Crippen molar-refractivity contribution in [3.63, 3.8) is 0 Å². The lowest BCUT2D eigenvalue weighted by Crippen LogP contribution is -2.25. The molecule has 128 valence electrons. The first-order valence-corrected chi connectivity index (χ1v) is 8.25. The first-order valence-electron chi connectivity index (χ1n) is 7.87. The summed E-state index contributed by atoms with van der Waals surface area (Å²) >= 11 is 5.91. The Hall–Kier alpha value is -2.66. The molecular formula is C19H16ClFN2O2. The third-order valence-electron chi connectivity index (χ3n) is 3.71. The van der Waals surface area contributed by atoms with Gasteiger partial charge in [0, 0.05) is 28.9 Å².